The average Bonchev–Trinajstić information content (AvgIpc) is 3.34. The van der Waals surface area contributed by atoms with E-state index in [4.69, 9.17) is 0 Å². The van der Waals surface area contributed by atoms with Crippen LogP contribution in [0.5, 0.6) is 0 Å². The lowest BCUT2D eigenvalue weighted by Gasteiger charge is -2.28. The van der Waals surface area contributed by atoms with Crippen LogP contribution in [0.4, 0.5) is 17.1 Å². The predicted molar refractivity (Wildman–Crippen MR) is 197 cm³/mol. The Morgan fingerprint density at radius 1 is 0.370 bits per heavy atom. The maximum atomic E-state index is 2.41. The minimum atomic E-state index is -0.0714. The van der Waals surface area contributed by atoms with Crippen LogP contribution in [-0.4, -0.2) is 0 Å². The lowest BCUT2D eigenvalue weighted by atomic mass is 9.82. The Morgan fingerprint density at radius 3 is 1.78 bits per heavy atom. The number of fused-ring (bicyclic) bond motifs is 7. The summed E-state index contributed by atoms with van der Waals surface area (Å²) in [5, 5.41) is 7.61. The van der Waals surface area contributed by atoms with Gasteiger partial charge in [-0.2, -0.15) is 0 Å². The van der Waals surface area contributed by atoms with Gasteiger partial charge in [0.2, 0.25) is 0 Å². The van der Waals surface area contributed by atoms with Gasteiger partial charge in [-0.1, -0.05) is 135 Å². The molecule has 0 bridgehead atoms. The fourth-order valence-electron chi connectivity index (χ4n) is 7.68. The highest BCUT2D eigenvalue weighted by molar-refractivity contribution is 6.13. The van der Waals surface area contributed by atoms with Crippen molar-refractivity contribution < 1.29 is 0 Å². The van der Waals surface area contributed by atoms with Gasteiger partial charge < -0.3 is 4.90 Å². The van der Waals surface area contributed by atoms with E-state index in [1.54, 1.807) is 0 Å². The van der Waals surface area contributed by atoms with Crippen molar-refractivity contribution in [3.63, 3.8) is 0 Å². The number of hydrogen-bond acceptors (Lipinski definition) is 1. The van der Waals surface area contributed by atoms with E-state index >= 15 is 0 Å². The molecule has 8 aromatic rings. The minimum absolute atomic E-state index is 0.0714. The van der Waals surface area contributed by atoms with Crippen LogP contribution >= 0.6 is 0 Å². The van der Waals surface area contributed by atoms with Crippen LogP contribution < -0.4 is 4.90 Å². The molecule has 1 heteroatoms. The molecule has 0 aromatic heterocycles. The molecule has 0 saturated carbocycles. The van der Waals surface area contributed by atoms with E-state index in [0.29, 0.717) is 0 Å². The van der Waals surface area contributed by atoms with Gasteiger partial charge in [-0.05, 0) is 108 Å². The summed E-state index contributed by atoms with van der Waals surface area (Å²) in [6.07, 6.45) is 0. The average molecular weight is 588 g/mol. The van der Waals surface area contributed by atoms with Gasteiger partial charge in [0, 0.05) is 22.5 Å². The molecule has 9 rings (SSSR count). The lowest BCUT2D eigenvalue weighted by molar-refractivity contribution is 0.660. The molecule has 0 fully saturated rings. The highest BCUT2D eigenvalue weighted by atomic mass is 15.1. The third-order valence-corrected chi connectivity index (χ3v) is 10.0. The molecule has 0 saturated heterocycles. The third kappa shape index (κ3) is 4.09. The normalized spacial score (nSPS) is 13.2. The predicted octanol–water partition coefficient (Wildman–Crippen LogP) is 12.6. The van der Waals surface area contributed by atoms with Gasteiger partial charge >= 0.3 is 0 Å². The molecule has 0 spiro atoms. The first-order valence-electron chi connectivity index (χ1n) is 16.1. The summed E-state index contributed by atoms with van der Waals surface area (Å²) in [4.78, 5) is 2.41. The van der Waals surface area contributed by atoms with Crippen LogP contribution in [0.3, 0.4) is 0 Å². The molecule has 8 aromatic carbocycles. The Bertz CT molecular complexity index is 2450. The lowest BCUT2D eigenvalue weighted by Crippen LogP contribution is -2.16. The molecule has 218 valence electrons. The van der Waals surface area contributed by atoms with Crippen molar-refractivity contribution in [2.45, 2.75) is 19.3 Å². The molecule has 1 aliphatic carbocycles. The second-order valence-electron chi connectivity index (χ2n) is 13.0. The standard InChI is InChI=1S/C45H33N/c1-45(2)43-18-10-9-17-40(43)41-26-25-36(29-44(41)45)46(35-24-19-30-11-3-4-12-32(30)27-35)34-22-20-31(21-23-34)42-28-33-13-5-6-14-37(33)38-15-7-8-16-39(38)42/h3-29H,1-2H3. The first kappa shape index (κ1) is 26.7. The number of hydrogen-bond donors (Lipinski definition) is 0. The van der Waals surface area contributed by atoms with E-state index in [0.717, 1.165) is 11.4 Å². The minimum Gasteiger partial charge on any atom is -0.310 e. The molecule has 0 amide bonds. The highest BCUT2D eigenvalue weighted by Crippen LogP contribution is 2.50. The van der Waals surface area contributed by atoms with Crippen LogP contribution in [0.25, 0.3) is 54.6 Å². The molecule has 0 atom stereocenters. The van der Waals surface area contributed by atoms with Crippen molar-refractivity contribution in [3.8, 4) is 22.3 Å². The highest BCUT2D eigenvalue weighted by Gasteiger charge is 2.35. The number of anilines is 3. The Labute approximate surface area is 270 Å². The second kappa shape index (κ2) is 10.2. The van der Waals surface area contributed by atoms with Crippen molar-refractivity contribution in [3.05, 3.63) is 175 Å². The summed E-state index contributed by atoms with van der Waals surface area (Å²) in [6, 6.07) is 60.2. The van der Waals surface area contributed by atoms with E-state index in [1.165, 1.54) is 71.4 Å². The molecule has 46 heavy (non-hydrogen) atoms. The number of rotatable bonds is 4. The maximum absolute atomic E-state index is 2.41. The smallest absolute Gasteiger partial charge is 0.0468 e. The Morgan fingerprint density at radius 2 is 0.957 bits per heavy atom. The Hall–Kier alpha value is -5.66. The van der Waals surface area contributed by atoms with Crippen LogP contribution in [0, 0.1) is 0 Å². The van der Waals surface area contributed by atoms with Crippen molar-refractivity contribution in [2.24, 2.45) is 0 Å². The number of benzene rings is 8. The van der Waals surface area contributed by atoms with Crippen molar-refractivity contribution in [1.82, 2.24) is 0 Å². The first-order chi connectivity index (χ1) is 22.6. The molecule has 1 nitrogen and oxygen atoms in total. The van der Waals surface area contributed by atoms with E-state index in [2.05, 4.69) is 183 Å². The molecule has 1 aliphatic rings. The molecule has 0 N–H and O–H groups in total. The second-order valence-corrected chi connectivity index (χ2v) is 13.0. The van der Waals surface area contributed by atoms with Crippen LogP contribution in [0.1, 0.15) is 25.0 Å². The molecule has 0 unspecified atom stereocenters. The maximum Gasteiger partial charge on any atom is 0.0468 e. The van der Waals surface area contributed by atoms with Crippen molar-refractivity contribution in [1.29, 1.82) is 0 Å². The van der Waals surface area contributed by atoms with Crippen molar-refractivity contribution in [2.75, 3.05) is 4.90 Å². The fraction of sp³-hybridized carbons (Fsp3) is 0.0667. The zero-order chi connectivity index (χ0) is 30.8. The van der Waals surface area contributed by atoms with Gasteiger partial charge in [-0.3, -0.25) is 0 Å². The fourth-order valence-corrected chi connectivity index (χ4v) is 7.68. The van der Waals surface area contributed by atoms with Crippen LogP contribution in [-0.2, 0) is 5.41 Å². The van der Waals surface area contributed by atoms with Crippen molar-refractivity contribution >= 4 is 49.4 Å². The van der Waals surface area contributed by atoms with Gasteiger partial charge in [0.15, 0.2) is 0 Å². The van der Waals surface area contributed by atoms with Crippen LogP contribution in [0.15, 0.2) is 164 Å². The molecule has 0 radical (unpaired) electrons. The molecular weight excluding hydrogens is 555 g/mol. The largest absolute Gasteiger partial charge is 0.310 e. The molecule has 0 aliphatic heterocycles. The van der Waals surface area contributed by atoms with Gasteiger partial charge in [0.25, 0.3) is 0 Å². The molecule has 0 heterocycles. The zero-order valence-electron chi connectivity index (χ0n) is 26.0. The first-order valence-corrected chi connectivity index (χ1v) is 16.1. The quantitative estimate of drug-likeness (QED) is 0.185. The SMILES string of the molecule is CC1(C)c2ccccc2-c2ccc(N(c3ccc(-c4cc5ccccc5c5ccccc45)cc3)c3ccc4ccccc4c3)cc21. The van der Waals surface area contributed by atoms with Gasteiger partial charge in [-0.25, -0.2) is 0 Å². The van der Waals surface area contributed by atoms with E-state index in [-0.39, 0.29) is 5.41 Å². The Kier molecular flexibility index (Phi) is 5.92. The van der Waals surface area contributed by atoms with Gasteiger partial charge in [0.1, 0.15) is 0 Å². The Balaban J connectivity index is 1.21. The molecular formula is C45H33N. The monoisotopic (exact) mass is 587 g/mol. The summed E-state index contributed by atoms with van der Waals surface area (Å²) in [7, 11) is 0. The topological polar surface area (TPSA) is 3.24 Å². The van der Waals surface area contributed by atoms with E-state index < -0.39 is 0 Å². The van der Waals surface area contributed by atoms with Gasteiger partial charge in [0.05, 0.1) is 0 Å². The summed E-state index contributed by atoms with van der Waals surface area (Å²) in [5.74, 6) is 0. The van der Waals surface area contributed by atoms with E-state index in [1.807, 2.05) is 0 Å². The van der Waals surface area contributed by atoms with Crippen LogP contribution in [0.2, 0.25) is 0 Å². The van der Waals surface area contributed by atoms with E-state index in [9.17, 15) is 0 Å². The zero-order valence-corrected chi connectivity index (χ0v) is 26.0. The van der Waals surface area contributed by atoms with Gasteiger partial charge in [-0.15, -0.1) is 0 Å². The summed E-state index contributed by atoms with van der Waals surface area (Å²) in [5.41, 5.74) is 11.3. The summed E-state index contributed by atoms with van der Waals surface area (Å²) >= 11 is 0. The summed E-state index contributed by atoms with van der Waals surface area (Å²) < 4.78 is 0. The third-order valence-electron chi connectivity index (χ3n) is 10.0. The summed E-state index contributed by atoms with van der Waals surface area (Å²) in [6.45, 7) is 4.70. The number of nitrogens with zero attached hydrogens (tertiary/aromatic N) is 1.